The lowest BCUT2D eigenvalue weighted by Gasteiger charge is -2.00. The normalized spacial score (nSPS) is 10.7. The molecular weight excluding hydrogens is 300 g/mol. The molecule has 0 fully saturated rings. The molecule has 0 saturated heterocycles. The Kier molecular flexibility index (Phi) is 4.62. The van der Waals surface area contributed by atoms with Crippen LogP contribution in [-0.4, -0.2) is 10.1 Å². The molecule has 90 valence electrons. The quantitative estimate of drug-likeness (QED) is 0.780. The highest BCUT2D eigenvalue weighted by molar-refractivity contribution is 9.10. The number of thioether (sulfide) groups is 1. The van der Waals surface area contributed by atoms with Gasteiger partial charge in [0.2, 0.25) is 5.89 Å². The molecule has 2 rings (SSSR count). The van der Waals surface area contributed by atoms with Crippen LogP contribution in [0.25, 0.3) is 0 Å². The molecule has 2 aromatic rings. The summed E-state index contributed by atoms with van der Waals surface area (Å²) in [6, 6.07) is 8.11. The molecule has 0 bridgehead atoms. The van der Waals surface area contributed by atoms with Crippen molar-refractivity contribution in [2.24, 2.45) is 0 Å². The number of halogens is 1. The topological polar surface area (TPSA) is 38.9 Å². The molecule has 1 aromatic carbocycles. The summed E-state index contributed by atoms with van der Waals surface area (Å²) in [6.45, 7) is 2.10. The predicted octanol–water partition coefficient (Wildman–Crippen LogP) is 4.08. The van der Waals surface area contributed by atoms with Crippen molar-refractivity contribution >= 4 is 27.7 Å². The number of aromatic nitrogens is 2. The Morgan fingerprint density at radius 1 is 1.35 bits per heavy atom. The van der Waals surface area contributed by atoms with Gasteiger partial charge in [0, 0.05) is 15.8 Å². The van der Waals surface area contributed by atoms with Crippen LogP contribution in [0.1, 0.15) is 25.1 Å². The van der Waals surface area contributed by atoms with Gasteiger partial charge in [0.25, 0.3) is 0 Å². The Labute approximate surface area is 113 Å². The number of hydrogen-bond acceptors (Lipinski definition) is 4. The molecular formula is C12H13BrN2OS. The van der Waals surface area contributed by atoms with Gasteiger partial charge in [-0.1, -0.05) is 24.2 Å². The average Bonchev–Trinajstić information content (AvgIpc) is 2.76. The molecule has 3 nitrogen and oxygen atoms in total. The summed E-state index contributed by atoms with van der Waals surface area (Å²) in [6.07, 6.45) is 1.92. The van der Waals surface area contributed by atoms with E-state index in [9.17, 15) is 0 Å². The number of rotatable bonds is 5. The van der Waals surface area contributed by atoms with Crippen LogP contribution in [0.3, 0.4) is 0 Å². The first kappa shape index (κ1) is 12.6. The van der Waals surface area contributed by atoms with E-state index >= 15 is 0 Å². The van der Waals surface area contributed by atoms with Crippen molar-refractivity contribution < 1.29 is 4.52 Å². The molecule has 0 amide bonds. The van der Waals surface area contributed by atoms with Crippen molar-refractivity contribution in [3.05, 3.63) is 40.5 Å². The second-order valence-corrected chi connectivity index (χ2v) is 5.44. The first-order valence-corrected chi connectivity index (χ1v) is 7.26. The van der Waals surface area contributed by atoms with E-state index in [0.717, 1.165) is 23.1 Å². The van der Waals surface area contributed by atoms with Crippen molar-refractivity contribution in [3.63, 3.8) is 0 Å². The fourth-order valence-electron chi connectivity index (χ4n) is 1.38. The molecule has 0 aliphatic rings. The third kappa shape index (κ3) is 3.57. The zero-order valence-corrected chi connectivity index (χ0v) is 11.9. The Bertz CT molecular complexity index is 487. The van der Waals surface area contributed by atoms with Crippen molar-refractivity contribution in [2.75, 3.05) is 0 Å². The van der Waals surface area contributed by atoms with E-state index in [0.29, 0.717) is 11.6 Å². The maximum absolute atomic E-state index is 5.18. The van der Waals surface area contributed by atoms with Gasteiger partial charge < -0.3 is 4.52 Å². The fraction of sp³-hybridized carbons (Fsp3) is 0.333. The van der Waals surface area contributed by atoms with E-state index in [1.54, 1.807) is 11.8 Å². The molecule has 5 heteroatoms. The molecule has 0 atom stereocenters. The minimum Gasteiger partial charge on any atom is -0.338 e. The smallest absolute Gasteiger partial charge is 0.237 e. The second-order valence-electron chi connectivity index (χ2n) is 3.57. The Morgan fingerprint density at radius 3 is 2.94 bits per heavy atom. The zero-order chi connectivity index (χ0) is 12.1. The van der Waals surface area contributed by atoms with Gasteiger partial charge >= 0.3 is 0 Å². The Balaban J connectivity index is 1.95. The molecule has 0 saturated carbocycles. The summed E-state index contributed by atoms with van der Waals surface area (Å²) in [5.41, 5.74) is 0. The lowest BCUT2D eigenvalue weighted by Crippen LogP contribution is -1.86. The molecule has 0 N–H and O–H groups in total. The highest BCUT2D eigenvalue weighted by Crippen LogP contribution is 2.29. The van der Waals surface area contributed by atoms with Crippen LogP contribution in [0.15, 0.2) is 38.2 Å². The number of benzene rings is 1. The maximum atomic E-state index is 5.18. The van der Waals surface area contributed by atoms with Gasteiger partial charge in [0.1, 0.15) is 0 Å². The Hall–Kier alpha value is -0.810. The zero-order valence-electron chi connectivity index (χ0n) is 9.52. The second kappa shape index (κ2) is 6.21. The van der Waals surface area contributed by atoms with E-state index in [1.165, 1.54) is 4.90 Å². The van der Waals surface area contributed by atoms with Crippen LogP contribution in [0.4, 0.5) is 0 Å². The predicted molar refractivity (Wildman–Crippen MR) is 72.0 cm³/mol. The van der Waals surface area contributed by atoms with Gasteiger partial charge in [-0.15, -0.1) is 11.8 Å². The van der Waals surface area contributed by atoms with Crippen molar-refractivity contribution in [1.29, 1.82) is 0 Å². The lowest BCUT2D eigenvalue weighted by molar-refractivity contribution is 0.384. The van der Waals surface area contributed by atoms with E-state index in [1.807, 2.05) is 18.2 Å². The summed E-state index contributed by atoms with van der Waals surface area (Å²) in [7, 11) is 0. The molecule has 0 spiro atoms. The van der Waals surface area contributed by atoms with Crippen LogP contribution in [0.2, 0.25) is 0 Å². The third-order valence-electron chi connectivity index (χ3n) is 2.17. The first-order chi connectivity index (χ1) is 8.29. The van der Waals surface area contributed by atoms with Gasteiger partial charge in [-0.25, -0.2) is 0 Å². The van der Waals surface area contributed by atoms with Crippen molar-refractivity contribution in [3.8, 4) is 0 Å². The number of nitrogens with zero attached hydrogens (tertiary/aromatic N) is 2. The fourth-order valence-corrected chi connectivity index (χ4v) is 2.78. The number of hydrogen-bond donors (Lipinski definition) is 0. The molecule has 1 aromatic heterocycles. The van der Waals surface area contributed by atoms with Gasteiger partial charge in [0.15, 0.2) is 5.82 Å². The third-order valence-corrected chi connectivity index (χ3v) is 4.18. The van der Waals surface area contributed by atoms with E-state index in [4.69, 9.17) is 4.52 Å². The Morgan fingerprint density at radius 2 is 2.18 bits per heavy atom. The highest BCUT2D eigenvalue weighted by atomic mass is 79.9. The van der Waals surface area contributed by atoms with E-state index in [2.05, 4.69) is 39.1 Å². The van der Waals surface area contributed by atoms with Crippen LogP contribution in [0, 0.1) is 0 Å². The van der Waals surface area contributed by atoms with Gasteiger partial charge in [-0.2, -0.15) is 4.98 Å². The number of aryl methyl sites for hydroxylation is 1. The maximum Gasteiger partial charge on any atom is 0.237 e. The summed E-state index contributed by atoms with van der Waals surface area (Å²) in [5, 5.41) is 3.93. The largest absolute Gasteiger partial charge is 0.338 e. The van der Waals surface area contributed by atoms with E-state index < -0.39 is 0 Å². The van der Waals surface area contributed by atoms with Gasteiger partial charge in [-0.3, -0.25) is 0 Å². The first-order valence-electron chi connectivity index (χ1n) is 5.48. The van der Waals surface area contributed by atoms with E-state index in [-0.39, 0.29) is 0 Å². The van der Waals surface area contributed by atoms with Crippen LogP contribution < -0.4 is 0 Å². The molecule has 0 radical (unpaired) electrons. The van der Waals surface area contributed by atoms with Crippen LogP contribution >= 0.6 is 27.7 Å². The highest BCUT2D eigenvalue weighted by Gasteiger charge is 2.07. The lowest BCUT2D eigenvalue weighted by atomic mass is 10.3. The summed E-state index contributed by atoms with van der Waals surface area (Å²) >= 11 is 5.20. The monoisotopic (exact) mass is 312 g/mol. The molecule has 17 heavy (non-hydrogen) atoms. The standard InChI is InChI=1S/C12H13BrN2OS/c1-2-5-11-14-12(16-15-11)8-17-10-7-4-3-6-9(10)13/h3-4,6-7H,2,5,8H2,1H3. The van der Waals surface area contributed by atoms with Crippen molar-refractivity contribution in [2.45, 2.75) is 30.4 Å². The molecule has 0 aliphatic carbocycles. The molecule has 1 heterocycles. The van der Waals surface area contributed by atoms with Crippen molar-refractivity contribution in [1.82, 2.24) is 10.1 Å². The molecule has 0 unspecified atom stereocenters. The van der Waals surface area contributed by atoms with Gasteiger partial charge in [0.05, 0.1) is 5.75 Å². The average molecular weight is 313 g/mol. The van der Waals surface area contributed by atoms with Crippen LogP contribution in [0.5, 0.6) is 0 Å². The van der Waals surface area contributed by atoms with Crippen LogP contribution in [-0.2, 0) is 12.2 Å². The molecule has 0 aliphatic heterocycles. The summed E-state index contributed by atoms with van der Waals surface area (Å²) in [5.74, 6) is 2.20. The van der Waals surface area contributed by atoms with Gasteiger partial charge in [-0.05, 0) is 34.5 Å². The minimum absolute atomic E-state index is 0.689. The SMILES string of the molecule is CCCc1noc(CSc2ccccc2Br)n1. The summed E-state index contributed by atoms with van der Waals surface area (Å²) in [4.78, 5) is 5.51. The minimum atomic E-state index is 0.689. The summed E-state index contributed by atoms with van der Waals surface area (Å²) < 4.78 is 6.28.